The Morgan fingerprint density at radius 1 is 1.53 bits per heavy atom. The molecule has 0 spiro atoms. The van der Waals surface area contributed by atoms with Crippen LogP contribution in [0.5, 0.6) is 0 Å². The number of carboxylic acid groups (broad SMARTS) is 1. The van der Waals surface area contributed by atoms with Gasteiger partial charge in [-0.05, 0) is 25.8 Å². The summed E-state index contributed by atoms with van der Waals surface area (Å²) in [5.41, 5.74) is 2.01. The van der Waals surface area contributed by atoms with Crippen LogP contribution >= 0.6 is 0 Å². The lowest BCUT2D eigenvalue weighted by atomic mass is 10.1. The third-order valence-corrected chi connectivity index (χ3v) is 2.82. The van der Waals surface area contributed by atoms with Gasteiger partial charge >= 0.3 is 5.97 Å². The molecule has 6 heteroatoms. The quantitative estimate of drug-likeness (QED) is 0.917. The van der Waals surface area contributed by atoms with E-state index in [-0.39, 0.29) is 11.7 Å². The number of hydrogen-bond acceptors (Lipinski definition) is 4. The molecule has 19 heavy (non-hydrogen) atoms. The molecular formula is C13H17N3O3. The second kappa shape index (κ2) is 4.87. The third-order valence-electron chi connectivity index (χ3n) is 2.82. The van der Waals surface area contributed by atoms with E-state index in [4.69, 9.17) is 9.52 Å². The van der Waals surface area contributed by atoms with E-state index in [0.717, 1.165) is 5.69 Å². The molecule has 2 heterocycles. The number of carboxylic acids is 1. The Morgan fingerprint density at radius 3 is 2.68 bits per heavy atom. The largest absolute Gasteiger partial charge is 0.475 e. The predicted molar refractivity (Wildman–Crippen MR) is 69.2 cm³/mol. The molecule has 0 aliphatic heterocycles. The van der Waals surface area contributed by atoms with Gasteiger partial charge in [0.2, 0.25) is 11.7 Å². The molecule has 0 bridgehead atoms. The summed E-state index contributed by atoms with van der Waals surface area (Å²) in [4.78, 5) is 15.5. The molecule has 0 unspecified atom stereocenters. The Bertz CT molecular complexity index is 611. The Labute approximate surface area is 111 Å². The first-order chi connectivity index (χ1) is 8.93. The molecule has 0 aliphatic rings. The minimum atomic E-state index is -1.10. The van der Waals surface area contributed by atoms with E-state index in [0.29, 0.717) is 23.8 Å². The molecule has 2 rings (SSSR count). The van der Waals surface area contributed by atoms with Crippen molar-refractivity contribution in [3.8, 4) is 11.6 Å². The molecular weight excluding hydrogens is 246 g/mol. The van der Waals surface area contributed by atoms with E-state index in [9.17, 15) is 4.79 Å². The number of rotatable bonds is 4. The summed E-state index contributed by atoms with van der Waals surface area (Å²) in [6.07, 6.45) is 0. The fraction of sp³-hybridized carbons (Fsp3) is 0.462. The van der Waals surface area contributed by atoms with Crippen LogP contribution in [0.4, 0.5) is 0 Å². The number of oxazole rings is 1. The molecule has 0 atom stereocenters. The van der Waals surface area contributed by atoms with Crippen LogP contribution in [0.1, 0.15) is 48.6 Å². The van der Waals surface area contributed by atoms with Gasteiger partial charge in [-0.15, -0.1) is 0 Å². The maximum Gasteiger partial charge on any atom is 0.373 e. The number of aromatic nitrogens is 3. The standard InChI is InChI=1S/C13H17N3O3/c1-5-16-9(6-8(4)15-16)12-14-10(7(2)3)11(19-12)13(17)18/h6-7H,5H2,1-4H3,(H,17,18). The second-order valence-corrected chi connectivity index (χ2v) is 4.68. The topological polar surface area (TPSA) is 81.2 Å². The maximum absolute atomic E-state index is 11.2. The summed E-state index contributed by atoms with van der Waals surface area (Å²) in [7, 11) is 0. The molecule has 0 amide bonds. The van der Waals surface area contributed by atoms with Gasteiger partial charge in [0, 0.05) is 6.54 Å². The molecule has 6 nitrogen and oxygen atoms in total. The van der Waals surface area contributed by atoms with Gasteiger partial charge in [-0.3, -0.25) is 4.68 Å². The van der Waals surface area contributed by atoms with Gasteiger partial charge in [0.1, 0.15) is 5.69 Å². The summed E-state index contributed by atoms with van der Waals surface area (Å²) in [6, 6.07) is 1.84. The minimum Gasteiger partial charge on any atom is -0.475 e. The van der Waals surface area contributed by atoms with Crippen molar-refractivity contribution in [2.45, 2.75) is 40.2 Å². The van der Waals surface area contributed by atoms with Crippen molar-refractivity contribution in [2.75, 3.05) is 0 Å². The highest BCUT2D eigenvalue weighted by atomic mass is 16.4. The highest BCUT2D eigenvalue weighted by Gasteiger charge is 2.24. The summed E-state index contributed by atoms with van der Waals surface area (Å²) in [5, 5.41) is 13.5. The highest BCUT2D eigenvalue weighted by molar-refractivity contribution is 5.86. The second-order valence-electron chi connectivity index (χ2n) is 4.68. The van der Waals surface area contributed by atoms with E-state index < -0.39 is 5.97 Å². The summed E-state index contributed by atoms with van der Waals surface area (Å²) in [6.45, 7) is 8.28. The molecule has 0 saturated carbocycles. The van der Waals surface area contributed by atoms with Gasteiger partial charge in [-0.25, -0.2) is 9.78 Å². The lowest BCUT2D eigenvalue weighted by Crippen LogP contribution is -2.01. The van der Waals surface area contributed by atoms with Crippen LogP contribution in [0.25, 0.3) is 11.6 Å². The first-order valence-electron chi connectivity index (χ1n) is 6.22. The SMILES string of the molecule is CCn1nc(C)cc1-c1nc(C(C)C)c(C(=O)O)o1. The zero-order chi connectivity index (χ0) is 14.2. The molecule has 0 fully saturated rings. The lowest BCUT2D eigenvalue weighted by molar-refractivity contribution is 0.0661. The van der Waals surface area contributed by atoms with Crippen molar-refractivity contribution in [3.63, 3.8) is 0 Å². The van der Waals surface area contributed by atoms with Crippen molar-refractivity contribution < 1.29 is 14.3 Å². The van der Waals surface area contributed by atoms with Gasteiger partial charge < -0.3 is 9.52 Å². The summed E-state index contributed by atoms with van der Waals surface area (Å²) in [5.74, 6) is -0.889. The summed E-state index contributed by atoms with van der Waals surface area (Å²) < 4.78 is 7.15. The third kappa shape index (κ3) is 2.38. The molecule has 0 radical (unpaired) electrons. The Morgan fingerprint density at radius 2 is 2.21 bits per heavy atom. The van der Waals surface area contributed by atoms with E-state index in [2.05, 4.69) is 10.1 Å². The maximum atomic E-state index is 11.2. The lowest BCUT2D eigenvalue weighted by Gasteiger charge is -1.99. The first-order valence-corrected chi connectivity index (χ1v) is 6.22. The molecule has 0 aliphatic carbocycles. The van der Waals surface area contributed by atoms with Gasteiger partial charge in [0.25, 0.3) is 0 Å². The van der Waals surface area contributed by atoms with Gasteiger partial charge in [-0.1, -0.05) is 13.8 Å². The molecule has 2 aromatic heterocycles. The van der Waals surface area contributed by atoms with Gasteiger partial charge in [0.15, 0.2) is 0 Å². The molecule has 2 aromatic rings. The zero-order valence-electron chi connectivity index (χ0n) is 11.5. The van der Waals surface area contributed by atoms with E-state index in [1.165, 1.54) is 0 Å². The van der Waals surface area contributed by atoms with Crippen LogP contribution in [0, 0.1) is 6.92 Å². The Balaban J connectivity index is 2.57. The normalized spacial score (nSPS) is 11.2. The van der Waals surface area contributed by atoms with E-state index in [1.54, 1.807) is 4.68 Å². The van der Waals surface area contributed by atoms with Gasteiger partial charge in [-0.2, -0.15) is 5.10 Å². The Kier molecular flexibility index (Phi) is 3.42. The first kappa shape index (κ1) is 13.3. The Hall–Kier alpha value is -2.11. The van der Waals surface area contributed by atoms with Crippen LogP contribution in [-0.4, -0.2) is 25.8 Å². The average Bonchev–Trinajstić information content (AvgIpc) is 2.91. The van der Waals surface area contributed by atoms with E-state index in [1.807, 2.05) is 33.8 Å². The number of nitrogens with zero attached hydrogens (tertiary/aromatic N) is 3. The number of hydrogen-bond donors (Lipinski definition) is 1. The van der Waals surface area contributed by atoms with Crippen LogP contribution in [0.15, 0.2) is 10.5 Å². The predicted octanol–water partition coefficient (Wildman–Crippen LogP) is 2.69. The number of carbonyl (C=O) groups is 1. The van der Waals surface area contributed by atoms with Crippen molar-refractivity contribution >= 4 is 5.97 Å². The molecule has 1 N–H and O–H groups in total. The number of aryl methyl sites for hydroxylation is 2. The van der Waals surface area contributed by atoms with Crippen molar-refractivity contribution in [3.05, 3.63) is 23.2 Å². The highest BCUT2D eigenvalue weighted by Crippen LogP contribution is 2.27. The van der Waals surface area contributed by atoms with E-state index >= 15 is 0 Å². The van der Waals surface area contributed by atoms with Crippen LogP contribution in [0.3, 0.4) is 0 Å². The fourth-order valence-electron chi connectivity index (χ4n) is 1.94. The minimum absolute atomic E-state index is 0.0114. The van der Waals surface area contributed by atoms with Crippen LogP contribution in [-0.2, 0) is 6.54 Å². The van der Waals surface area contributed by atoms with Crippen LogP contribution < -0.4 is 0 Å². The van der Waals surface area contributed by atoms with Crippen LogP contribution in [0.2, 0.25) is 0 Å². The van der Waals surface area contributed by atoms with Crippen molar-refractivity contribution in [1.29, 1.82) is 0 Å². The monoisotopic (exact) mass is 263 g/mol. The zero-order valence-corrected chi connectivity index (χ0v) is 11.5. The van der Waals surface area contributed by atoms with Crippen molar-refractivity contribution in [1.82, 2.24) is 14.8 Å². The summed E-state index contributed by atoms with van der Waals surface area (Å²) >= 11 is 0. The molecule has 0 aromatic carbocycles. The smallest absolute Gasteiger partial charge is 0.373 e. The van der Waals surface area contributed by atoms with Crippen molar-refractivity contribution in [2.24, 2.45) is 0 Å². The van der Waals surface area contributed by atoms with Gasteiger partial charge in [0.05, 0.1) is 11.4 Å². The molecule has 0 saturated heterocycles. The fourth-order valence-corrected chi connectivity index (χ4v) is 1.94. The number of aromatic carboxylic acids is 1. The average molecular weight is 263 g/mol. The molecule has 102 valence electrons.